The van der Waals surface area contributed by atoms with Crippen LogP contribution in [0.4, 0.5) is 13.2 Å². The van der Waals surface area contributed by atoms with Gasteiger partial charge in [0.15, 0.2) is 0 Å². The number of hydrogen-bond acceptors (Lipinski definition) is 5. The maximum atomic E-state index is 13.4. The molecule has 2 aromatic carbocycles. The molecule has 0 aliphatic carbocycles. The first-order valence-corrected chi connectivity index (χ1v) is 13.0. The van der Waals surface area contributed by atoms with Crippen LogP contribution in [-0.2, 0) is 6.54 Å². The maximum Gasteiger partial charge on any atom is 0.270 e. The second-order valence-electron chi connectivity index (χ2n) is 9.97. The van der Waals surface area contributed by atoms with Crippen LogP contribution in [0.5, 0.6) is 5.75 Å². The number of hydrogen-bond donors (Lipinski definition) is 1. The third-order valence-corrected chi connectivity index (χ3v) is 7.04. The van der Waals surface area contributed by atoms with Gasteiger partial charge >= 0.3 is 0 Å². The van der Waals surface area contributed by atoms with Crippen molar-refractivity contribution in [1.29, 1.82) is 0 Å². The molecule has 0 radical (unpaired) electrons. The third kappa shape index (κ3) is 6.94. The lowest BCUT2D eigenvalue weighted by molar-refractivity contribution is 0.0770. The molecule has 5 rings (SSSR count). The second-order valence-corrected chi connectivity index (χ2v) is 9.97. The van der Waals surface area contributed by atoms with Gasteiger partial charge in [0.25, 0.3) is 11.8 Å². The summed E-state index contributed by atoms with van der Waals surface area (Å²) >= 11 is 0. The van der Waals surface area contributed by atoms with E-state index in [0.717, 1.165) is 6.07 Å². The largest absolute Gasteiger partial charge is 0.489 e. The first-order chi connectivity index (χ1) is 18.8. The Balaban J connectivity index is 1.08. The Morgan fingerprint density at radius 2 is 1.62 bits per heavy atom. The monoisotopic (exact) mass is 538 g/mol. The predicted octanol–water partition coefficient (Wildman–Crippen LogP) is 4.19. The van der Waals surface area contributed by atoms with Gasteiger partial charge in [-0.25, -0.2) is 13.2 Å². The second kappa shape index (κ2) is 11.9. The average molecular weight is 539 g/mol. The zero-order valence-electron chi connectivity index (χ0n) is 21.3. The van der Waals surface area contributed by atoms with Gasteiger partial charge in [0.1, 0.15) is 35.0 Å². The molecule has 39 heavy (non-hydrogen) atoms. The summed E-state index contributed by atoms with van der Waals surface area (Å²) < 4.78 is 45.8. The van der Waals surface area contributed by atoms with E-state index in [4.69, 9.17) is 4.74 Å². The lowest BCUT2D eigenvalue weighted by Gasteiger charge is -2.32. The quantitative estimate of drug-likeness (QED) is 0.489. The van der Waals surface area contributed by atoms with Crippen LogP contribution < -0.4 is 10.1 Å². The minimum Gasteiger partial charge on any atom is -0.489 e. The van der Waals surface area contributed by atoms with Crippen molar-refractivity contribution in [3.63, 3.8) is 0 Å². The molecule has 7 nitrogen and oxygen atoms in total. The van der Waals surface area contributed by atoms with Crippen molar-refractivity contribution < 1.29 is 27.5 Å². The smallest absolute Gasteiger partial charge is 0.270 e. The van der Waals surface area contributed by atoms with Crippen LogP contribution in [0.3, 0.4) is 0 Å². The molecular formula is C29H29F3N4O3. The van der Waals surface area contributed by atoms with Gasteiger partial charge in [-0.05, 0) is 66.9 Å². The van der Waals surface area contributed by atoms with Crippen LogP contribution in [0, 0.1) is 17.5 Å². The van der Waals surface area contributed by atoms with Crippen molar-refractivity contribution in [3.8, 4) is 5.75 Å². The fourth-order valence-corrected chi connectivity index (χ4v) is 5.01. The van der Waals surface area contributed by atoms with Crippen molar-refractivity contribution >= 4 is 11.8 Å². The summed E-state index contributed by atoms with van der Waals surface area (Å²) in [6.07, 6.45) is 3.30. The summed E-state index contributed by atoms with van der Waals surface area (Å²) in [7, 11) is 0. The van der Waals surface area contributed by atoms with Crippen LogP contribution >= 0.6 is 0 Å². The number of amides is 2. The number of pyridine rings is 1. The van der Waals surface area contributed by atoms with Crippen LogP contribution in [0.1, 0.15) is 45.7 Å². The lowest BCUT2D eigenvalue weighted by Crippen LogP contribution is -2.44. The maximum absolute atomic E-state index is 13.4. The van der Waals surface area contributed by atoms with Gasteiger partial charge in [0.2, 0.25) is 0 Å². The third-order valence-electron chi connectivity index (χ3n) is 7.04. The van der Waals surface area contributed by atoms with Gasteiger partial charge in [0, 0.05) is 50.9 Å². The van der Waals surface area contributed by atoms with Crippen molar-refractivity contribution in [2.75, 3.05) is 26.2 Å². The predicted molar refractivity (Wildman–Crippen MR) is 138 cm³/mol. The lowest BCUT2D eigenvalue weighted by atomic mass is 10.0. The Morgan fingerprint density at radius 1 is 0.897 bits per heavy atom. The van der Waals surface area contributed by atoms with Crippen LogP contribution in [0.15, 0.2) is 60.8 Å². The number of benzene rings is 2. The van der Waals surface area contributed by atoms with Crippen molar-refractivity contribution in [2.24, 2.45) is 0 Å². The van der Waals surface area contributed by atoms with Crippen molar-refractivity contribution in [3.05, 3.63) is 95.1 Å². The molecule has 0 unspecified atom stereocenters. The Hall–Kier alpha value is -3.92. The number of piperidine rings is 1. The highest BCUT2D eigenvalue weighted by atomic mass is 19.1. The Bertz CT molecular complexity index is 1290. The van der Waals surface area contributed by atoms with Gasteiger partial charge in [-0.15, -0.1) is 0 Å². The number of likely N-dealkylation sites (tertiary alicyclic amines) is 2. The molecule has 3 aromatic rings. The fraction of sp³-hybridized carbons (Fsp3) is 0.345. The molecule has 2 fully saturated rings. The van der Waals surface area contributed by atoms with E-state index in [1.54, 1.807) is 29.2 Å². The zero-order chi connectivity index (χ0) is 27.4. The standard InChI is InChI=1S/C29H29F3N4O3/c30-21-2-4-25(5-3-21)39-26-9-12-36(18-26)29(38)20-1-6-27(33-16-20)28(37)34-24-7-10-35(11-8-24)17-19-13-22(31)15-23(32)14-19/h1-6,13-16,24,26H,7-12,17-18H2,(H,34,37)/t26-/m0/s1. The summed E-state index contributed by atoms with van der Waals surface area (Å²) in [5.41, 5.74) is 1.19. The summed E-state index contributed by atoms with van der Waals surface area (Å²) in [5, 5.41) is 2.99. The van der Waals surface area contributed by atoms with Crippen LogP contribution in [0.25, 0.3) is 0 Å². The molecular weight excluding hydrogens is 509 g/mol. The highest BCUT2D eigenvalue weighted by Crippen LogP contribution is 2.21. The van der Waals surface area contributed by atoms with Gasteiger partial charge in [-0.2, -0.15) is 0 Å². The summed E-state index contributed by atoms with van der Waals surface area (Å²) in [5.74, 6) is -1.46. The van der Waals surface area contributed by atoms with E-state index in [1.165, 1.54) is 30.5 Å². The number of nitrogens with one attached hydrogen (secondary N) is 1. The molecule has 2 aliphatic rings. The van der Waals surface area contributed by atoms with E-state index in [0.29, 0.717) is 68.9 Å². The SMILES string of the molecule is O=C(NC1CCN(Cc2cc(F)cc(F)c2)CC1)c1ccc(C(=O)N2CC[C@H](Oc3ccc(F)cc3)C2)cn1. The number of aromatic nitrogens is 1. The summed E-state index contributed by atoms with van der Waals surface area (Å²) in [6.45, 7) is 2.75. The number of ether oxygens (including phenoxy) is 1. The van der Waals surface area contributed by atoms with E-state index >= 15 is 0 Å². The van der Waals surface area contributed by atoms with Gasteiger partial charge in [0.05, 0.1) is 12.1 Å². The number of carbonyl (C=O) groups is 2. The molecule has 1 aromatic heterocycles. The Kier molecular flexibility index (Phi) is 8.11. The fourth-order valence-electron chi connectivity index (χ4n) is 5.01. The van der Waals surface area contributed by atoms with Gasteiger partial charge in [-0.1, -0.05) is 0 Å². The number of halogens is 3. The van der Waals surface area contributed by atoms with E-state index < -0.39 is 11.6 Å². The van der Waals surface area contributed by atoms with Gasteiger partial charge < -0.3 is 15.0 Å². The molecule has 2 aliphatic heterocycles. The Labute approximate surface area is 224 Å². The van der Waals surface area contributed by atoms with E-state index in [1.807, 2.05) is 0 Å². The van der Waals surface area contributed by atoms with E-state index in [9.17, 15) is 22.8 Å². The van der Waals surface area contributed by atoms with Crippen LogP contribution in [-0.4, -0.2) is 64.9 Å². The highest BCUT2D eigenvalue weighted by molar-refractivity contribution is 5.96. The number of rotatable bonds is 7. The minimum absolute atomic E-state index is 0.0382. The normalized spacial score (nSPS) is 18.2. The Morgan fingerprint density at radius 3 is 2.28 bits per heavy atom. The van der Waals surface area contributed by atoms with Crippen molar-refractivity contribution in [1.82, 2.24) is 20.1 Å². The average Bonchev–Trinajstić information content (AvgIpc) is 3.39. The zero-order valence-corrected chi connectivity index (χ0v) is 21.3. The minimum atomic E-state index is -0.590. The van der Waals surface area contributed by atoms with Crippen molar-refractivity contribution in [2.45, 2.75) is 38.0 Å². The topological polar surface area (TPSA) is 74.8 Å². The van der Waals surface area contributed by atoms with E-state index in [-0.39, 0.29) is 35.5 Å². The van der Waals surface area contributed by atoms with Crippen LogP contribution in [0.2, 0.25) is 0 Å². The number of nitrogens with zero attached hydrogens (tertiary/aromatic N) is 3. The molecule has 3 heterocycles. The first kappa shape index (κ1) is 26.7. The number of carbonyl (C=O) groups excluding carboxylic acids is 2. The first-order valence-electron chi connectivity index (χ1n) is 13.0. The van der Waals surface area contributed by atoms with E-state index in [2.05, 4.69) is 15.2 Å². The molecule has 2 amide bonds. The molecule has 1 atom stereocenters. The molecule has 10 heteroatoms. The molecule has 0 spiro atoms. The molecule has 1 N–H and O–H groups in total. The van der Waals surface area contributed by atoms with Gasteiger partial charge in [-0.3, -0.25) is 19.5 Å². The molecule has 204 valence electrons. The molecule has 0 bridgehead atoms. The summed E-state index contributed by atoms with van der Waals surface area (Å²) in [6, 6.07) is 12.4. The summed E-state index contributed by atoms with van der Waals surface area (Å²) in [4.78, 5) is 33.6. The highest BCUT2D eigenvalue weighted by Gasteiger charge is 2.29. The molecule has 0 saturated carbocycles. The molecule has 2 saturated heterocycles.